The van der Waals surface area contributed by atoms with Crippen LogP contribution in [0.15, 0.2) is 49.1 Å². The van der Waals surface area contributed by atoms with Gasteiger partial charge < -0.3 is 14.8 Å². The Hall–Kier alpha value is -1.97. The molecule has 0 spiro atoms. The fraction of sp³-hybridized carbons (Fsp3) is 0.263. The molecule has 0 radical (unpaired) electrons. The highest BCUT2D eigenvalue weighted by molar-refractivity contribution is 6.31. The van der Waals surface area contributed by atoms with Gasteiger partial charge in [0.15, 0.2) is 11.5 Å². The number of aryl methyl sites for hydroxylation is 1. The molecule has 0 amide bonds. The van der Waals surface area contributed by atoms with Gasteiger partial charge in [-0.2, -0.15) is 0 Å². The normalized spacial score (nSPS) is 10.4. The first-order chi connectivity index (χ1) is 11.2. The monoisotopic (exact) mass is 331 g/mol. The first-order valence-corrected chi connectivity index (χ1v) is 7.88. The molecule has 23 heavy (non-hydrogen) atoms. The molecule has 0 saturated heterocycles. The van der Waals surface area contributed by atoms with Crippen molar-refractivity contribution in [1.82, 2.24) is 5.32 Å². The van der Waals surface area contributed by atoms with Crippen LogP contribution in [0, 0.1) is 6.92 Å². The summed E-state index contributed by atoms with van der Waals surface area (Å²) in [4.78, 5) is 0. The number of nitrogens with one attached hydrogen (secondary N) is 1. The second-order valence-electron chi connectivity index (χ2n) is 5.23. The summed E-state index contributed by atoms with van der Waals surface area (Å²) in [7, 11) is 1.63. The van der Waals surface area contributed by atoms with Gasteiger partial charge in [0.05, 0.1) is 7.11 Å². The van der Waals surface area contributed by atoms with Gasteiger partial charge in [0.1, 0.15) is 6.61 Å². The van der Waals surface area contributed by atoms with Crippen LogP contribution in [0.5, 0.6) is 11.5 Å². The van der Waals surface area contributed by atoms with Gasteiger partial charge in [0.25, 0.3) is 0 Å². The minimum atomic E-state index is 0.480. The van der Waals surface area contributed by atoms with Gasteiger partial charge in [0.2, 0.25) is 0 Å². The van der Waals surface area contributed by atoms with E-state index in [4.69, 9.17) is 21.1 Å². The number of rotatable bonds is 8. The van der Waals surface area contributed by atoms with Crippen molar-refractivity contribution in [1.29, 1.82) is 0 Å². The van der Waals surface area contributed by atoms with Crippen molar-refractivity contribution in [3.8, 4) is 11.5 Å². The first-order valence-electron chi connectivity index (χ1n) is 7.51. The standard InChI is InChI=1S/C19H22ClNO2/c1-4-9-21-12-16-10-18(22-3)19(11-17(16)20)23-13-15-8-6-5-7-14(15)2/h4-8,10-11,21H,1,9,12-13H2,2-3H3. The molecule has 2 aromatic rings. The van der Waals surface area contributed by atoms with Crippen LogP contribution in [0.1, 0.15) is 16.7 Å². The molecule has 0 aliphatic heterocycles. The predicted octanol–water partition coefficient (Wildman–Crippen LogP) is 4.51. The molecule has 0 heterocycles. The third kappa shape index (κ3) is 4.75. The van der Waals surface area contributed by atoms with Crippen molar-refractivity contribution in [3.05, 3.63) is 70.8 Å². The van der Waals surface area contributed by atoms with E-state index in [1.807, 2.05) is 30.3 Å². The van der Waals surface area contributed by atoms with Gasteiger partial charge in [-0.05, 0) is 29.7 Å². The van der Waals surface area contributed by atoms with Crippen LogP contribution in [-0.2, 0) is 13.2 Å². The van der Waals surface area contributed by atoms with E-state index < -0.39 is 0 Å². The highest BCUT2D eigenvalue weighted by atomic mass is 35.5. The first kappa shape index (κ1) is 17.4. The molecule has 0 saturated carbocycles. The Bertz CT molecular complexity index is 670. The molecule has 0 unspecified atom stereocenters. The maximum Gasteiger partial charge on any atom is 0.163 e. The van der Waals surface area contributed by atoms with Crippen LogP contribution in [0.4, 0.5) is 0 Å². The summed E-state index contributed by atoms with van der Waals surface area (Å²) in [5, 5.41) is 3.88. The zero-order valence-electron chi connectivity index (χ0n) is 13.6. The number of benzene rings is 2. The molecule has 0 aliphatic rings. The number of halogens is 1. The molecule has 3 nitrogen and oxygen atoms in total. The van der Waals surface area contributed by atoms with Gasteiger partial charge in [0, 0.05) is 24.2 Å². The Balaban J connectivity index is 2.13. The van der Waals surface area contributed by atoms with Gasteiger partial charge in [-0.3, -0.25) is 0 Å². The molecule has 0 aromatic heterocycles. The van der Waals surface area contributed by atoms with E-state index in [1.54, 1.807) is 7.11 Å². The lowest BCUT2D eigenvalue weighted by Crippen LogP contribution is -2.13. The Morgan fingerprint density at radius 1 is 1.17 bits per heavy atom. The molecule has 2 aromatic carbocycles. The quantitative estimate of drug-likeness (QED) is 0.570. The summed E-state index contributed by atoms with van der Waals surface area (Å²) in [6, 6.07) is 11.9. The highest BCUT2D eigenvalue weighted by Gasteiger charge is 2.11. The minimum absolute atomic E-state index is 0.480. The predicted molar refractivity (Wildman–Crippen MR) is 95.4 cm³/mol. The van der Waals surface area contributed by atoms with Gasteiger partial charge in [-0.1, -0.05) is 41.9 Å². The zero-order chi connectivity index (χ0) is 16.7. The van der Waals surface area contributed by atoms with Crippen molar-refractivity contribution >= 4 is 11.6 Å². The fourth-order valence-electron chi connectivity index (χ4n) is 2.22. The summed E-state index contributed by atoms with van der Waals surface area (Å²) in [6.45, 7) is 7.61. The molecule has 4 heteroatoms. The van der Waals surface area contributed by atoms with Gasteiger partial charge in [-0.25, -0.2) is 0 Å². The van der Waals surface area contributed by atoms with Crippen molar-refractivity contribution in [2.75, 3.05) is 13.7 Å². The Labute approximate surface area is 142 Å². The third-order valence-corrected chi connectivity index (χ3v) is 3.93. The Morgan fingerprint density at radius 3 is 2.65 bits per heavy atom. The molecule has 0 bridgehead atoms. The smallest absolute Gasteiger partial charge is 0.163 e. The van der Waals surface area contributed by atoms with E-state index in [9.17, 15) is 0 Å². The van der Waals surface area contributed by atoms with E-state index in [0.717, 1.165) is 17.7 Å². The van der Waals surface area contributed by atoms with Crippen LogP contribution in [-0.4, -0.2) is 13.7 Å². The van der Waals surface area contributed by atoms with Crippen LogP contribution < -0.4 is 14.8 Å². The maximum atomic E-state index is 6.35. The maximum absolute atomic E-state index is 6.35. The lowest BCUT2D eigenvalue weighted by atomic mass is 10.1. The van der Waals surface area contributed by atoms with Gasteiger partial charge in [-0.15, -0.1) is 6.58 Å². The van der Waals surface area contributed by atoms with Crippen LogP contribution in [0.2, 0.25) is 5.02 Å². The molecular weight excluding hydrogens is 310 g/mol. The van der Waals surface area contributed by atoms with Crippen molar-refractivity contribution in [2.45, 2.75) is 20.1 Å². The van der Waals surface area contributed by atoms with Crippen molar-refractivity contribution < 1.29 is 9.47 Å². The summed E-state index contributed by atoms with van der Waals surface area (Å²) < 4.78 is 11.3. The van der Waals surface area contributed by atoms with Crippen LogP contribution in [0.25, 0.3) is 0 Å². The Morgan fingerprint density at radius 2 is 1.96 bits per heavy atom. The molecule has 1 N–H and O–H groups in total. The number of methoxy groups -OCH3 is 1. The zero-order valence-corrected chi connectivity index (χ0v) is 14.3. The van der Waals surface area contributed by atoms with E-state index in [2.05, 4.69) is 31.0 Å². The second-order valence-corrected chi connectivity index (χ2v) is 5.64. The summed E-state index contributed by atoms with van der Waals surface area (Å²) in [5.41, 5.74) is 3.30. The lowest BCUT2D eigenvalue weighted by Gasteiger charge is -2.15. The average Bonchev–Trinajstić information content (AvgIpc) is 2.56. The number of hydrogen-bond donors (Lipinski definition) is 1. The van der Waals surface area contributed by atoms with Crippen molar-refractivity contribution in [2.24, 2.45) is 0 Å². The minimum Gasteiger partial charge on any atom is -0.493 e. The molecular formula is C19H22ClNO2. The SMILES string of the molecule is C=CCNCc1cc(OC)c(OCc2ccccc2C)cc1Cl. The average molecular weight is 332 g/mol. The second kappa shape index (κ2) is 8.61. The van der Waals surface area contributed by atoms with E-state index in [-0.39, 0.29) is 0 Å². The van der Waals surface area contributed by atoms with Gasteiger partial charge >= 0.3 is 0 Å². The van der Waals surface area contributed by atoms with Crippen molar-refractivity contribution in [3.63, 3.8) is 0 Å². The molecule has 2 rings (SSSR count). The largest absolute Gasteiger partial charge is 0.493 e. The molecule has 0 atom stereocenters. The fourth-order valence-corrected chi connectivity index (χ4v) is 2.44. The molecule has 122 valence electrons. The lowest BCUT2D eigenvalue weighted by molar-refractivity contribution is 0.283. The van der Waals surface area contributed by atoms with Crippen LogP contribution >= 0.6 is 11.6 Å². The molecule has 0 aliphatic carbocycles. The van der Waals surface area contributed by atoms with E-state index >= 15 is 0 Å². The summed E-state index contributed by atoms with van der Waals surface area (Å²) in [5.74, 6) is 1.33. The van der Waals surface area contributed by atoms with E-state index in [1.165, 1.54) is 5.56 Å². The van der Waals surface area contributed by atoms with Crippen LogP contribution in [0.3, 0.4) is 0 Å². The topological polar surface area (TPSA) is 30.5 Å². The third-order valence-electron chi connectivity index (χ3n) is 3.58. The number of ether oxygens (including phenoxy) is 2. The highest BCUT2D eigenvalue weighted by Crippen LogP contribution is 2.34. The van der Waals surface area contributed by atoms with E-state index in [0.29, 0.717) is 29.7 Å². The Kier molecular flexibility index (Phi) is 6.51. The summed E-state index contributed by atoms with van der Waals surface area (Å²) in [6.07, 6.45) is 1.81. The molecule has 0 fully saturated rings. The summed E-state index contributed by atoms with van der Waals surface area (Å²) >= 11 is 6.35. The number of hydrogen-bond acceptors (Lipinski definition) is 3.